The van der Waals surface area contributed by atoms with Gasteiger partial charge in [0, 0.05) is 20.3 Å². The average Bonchev–Trinajstić information content (AvgIpc) is 2.73. The summed E-state index contributed by atoms with van der Waals surface area (Å²) in [5, 5.41) is 3.63. The largest absolute Gasteiger partial charge is 0.312 e. The molecule has 0 amide bonds. The molecule has 0 radical (unpaired) electrons. The van der Waals surface area contributed by atoms with Gasteiger partial charge in [0.1, 0.15) is 0 Å². The molecular weight excluding hydrogens is 342 g/mol. The summed E-state index contributed by atoms with van der Waals surface area (Å²) in [6.07, 6.45) is 10.5. The third-order valence-electron chi connectivity index (χ3n) is 6.30. The first-order chi connectivity index (χ1) is 10.1. The normalized spacial score (nSPS) is 38.9. The van der Waals surface area contributed by atoms with Gasteiger partial charge in [-0.3, -0.25) is 0 Å². The maximum atomic E-state index is 3.78. The Morgan fingerprint density at radius 3 is 2.24 bits per heavy atom. The minimum Gasteiger partial charge on any atom is -0.312 e. The van der Waals surface area contributed by atoms with Crippen molar-refractivity contribution < 1.29 is 0 Å². The van der Waals surface area contributed by atoms with Crippen molar-refractivity contribution in [2.45, 2.75) is 57.9 Å². The van der Waals surface area contributed by atoms with Crippen molar-refractivity contribution in [1.82, 2.24) is 5.32 Å². The zero-order chi connectivity index (χ0) is 14.6. The summed E-state index contributed by atoms with van der Waals surface area (Å²) in [6.45, 7) is 2.22. The van der Waals surface area contributed by atoms with Crippen LogP contribution in [0, 0.1) is 30.1 Å². The predicted molar refractivity (Wildman–Crippen MR) is 93.8 cm³/mol. The Morgan fingerprint density at radius 1 is 1.24 bits per heavy atom. The van der Waals surface area contributed by atoms with Gasteiger partial charge < -0.3 is 5.32 Å². The van der Waals surface area contributed by atoms with Gasteiger partial charge in [-0.1, -0.05) is 0 Å². The second-order valence-corrected chi connectivity index (χ2v) is 10.2. The summed E-state index contributed by atoms with van der Waals surface area (Å²) in [4.78, 5) is 2.94. The smallest absolute Gasteiger partial charge is 0.0429 e. The lowest BCUT2D eigenvalue weighted by Crippen LogP contribution is -2.47. The van der Waals surface area contributed by atoms with Crippen molar-refractivity contribution in [1.29, 1.82) is 0 Å². The van der Waals surface area contributed by atoms with Crippen molar-refractivity contribution in [3.8, 4) is 0 Å². The molecule has 5 rings (SSSR count). The predicted octanol–water partition coefficient (Wildman–Crippen LogP) is 5.69. The van der Waals surface area contributed by atoms with E-state index in [-0.39, 0.29) is 0 Å². The highest BCUT2D eigenvalue weighted by Crippen LogP contribution is 2.62. The van der Waals surface area contributed by atoms with Gasteiger partial charge in [0.25, 0.3) is 0 Å². The second kappa shape index (κ2) is 5.35. The summed E-state index contributed by atoms with van der Waals surface area (Å²) in [5.74, 6) is 3.17. The molecular formula is C18H26BrNS. The number of hydrogen-bond donors (Lipinski definition) is 1. The van der Waals surface area contributed by atoms with Gasteiger partial charge >= 0.3 is 0 Å². The molecule has 1 heterocycles. The molecule has 4 fully saturated rings. The summed E-state index contributed by atoms with van der Waals surface area (Å²) < 4.78 is 1.31. The SMILES string of the molecule is CNC(CC12CC3CC(CC(C3)C1)C2)c1sc(C)cc1Br. The van der Waals surface area contributed by atoms with E-state index in [2.05, 4.69) is 41.3 Å². The molecule has 21 heavy (non-hydrogen) atoms. The van der Waals surface area contributed by atoms with E-state index in [1.807, 2.05) is 11.3 Å². The van der Waals surface area contributed by atoms with Gasteiger partial charge in [-0.05, 0) is 104 Å². The van der Waals surface area contributed by atoms with E-state index in [1.54, 1.807) is 19.3 Å². The lowest BCUT2D eigenvalue weighted by molar-refractivity contribution is -0.0618. The highest BCUT2D eigenvalue weighted by molar-refractivity contribution is 9.10. The van der Waals surface area contributed by atoms with E-state index in [0.717, 1.165) is 17.8 Å². The van der Waals surface area contributed by atoms with Crippen molar-refractivity contribution in [2.24, 2.45) is 23.2 Å². The summed E-state index contributed by atoms with van der Waals surface area (Å²) in [6, 6.07) is 2.82. The topological polar surface area (TPSA) is 12.0 Å². The first-order valence-electron chi connectivity index (χ1n) is 8.50. The molecule has 1 aromatic heterocycles. The maximum Gasteiger partial charge on any atom is 0.0429 e. The van der Waals surface area contributed by atoms with Crippen LogP contribution < -0.4 is 5.32 Å². The monoisotopic (exact) mass is 367 g/mol. The quantitative estimate of drug-likeness (QED) is 0.720. The molecule has 0 aliphatic heterocycles. The molecule has 1 nitrogen and oxygen atoms in total. The van der Waals surface area contributed by atoms with Crippen LogP contribution in [0.3, 0.4) is 0 Å². The summed E-state index contributed by atoms with van der Waals surface area (Å²) in [5.41, 5.74) is 0.653. The Kier molecular flexibility index (Phi) is 3.75. The summed E-state index contributed by atoms with van der Waals surface area (Å²) in [7, 11) is 2.15. The third-order valence-corrected chi connectivity index (χ3v) is 8.39. The van der Waals surface area contributed by atoms with Crippen LogP contribution in [0.1, 0.15) is 60.7 Å². The van der Waals surface area contributed by atoms with E-state index >= 15 is 0 Å². The van der Waals surface area contributed by atoms with Crippen LogP contribution in [0.2, 0.25) is 0 Å². The standard InChI is InChI=1S/C18H26BrNS/c1-11-3-15(19)17(21-11)16(20-2)10-18-7-12-4-13(8-18)6-14(5-12)9-18/h3,12-14,16,20H,4-10H2,1-2H3. The van der Waals surface area contributed by atoms with Crippen LogP contribution in [0.5, 0.6) is 0 Å². The van der Waals surface area contributed by atoms with Gasteiger partial charge in [0.15, 0.2) is 0 Å². The zero-order valence-electron chi connectivity index (χ0n) is 13.1. The number of hydrogen-bond acceptors (Lipinski definition) is 2. The molecule has 4 bridgehead atoms. The molecule has 1 aromatic rings. The van der Waals surface area contributed by atoms with E-state index in [9.17, 15) is 0 Å². The van der Waals surface area contributed by atoms with Crippen LogP contribution in [0.15, 0.2) is 10.5 Å². The Labute approximate surface area is 141 Å². The van der Waals surface area contributed by atoms with Crippen LogP contribution >= 0.6 is 27.3 Å². The van der Waals surface area contributed by atoms with Crippen molar-refractivity contribution >= 4 is 27.3 Å². The van der Waals surface area contributed by atoms with Gasteiger partial charge in [0.2, 0.25) is 0 Å². The lowest BCUT2D eigenvalue weighted by atomic mass is 9.48. The first-order valence-corrected chi connectivity index (χ1v) is 10.1. The first kappa shape index (κ1) is 14.7. The average molecular weight is 368 g/mol. The van der Waals surface area contributed by atoms with Gasteiger partial charge in [-0.15, -0.1) is 11.3 Å². The van der Waals surface area contributed by atoms with Crippen molar-refractivity contribution in [3.05, 3.63) is 20.3 Å². The Hall–Kier alpha value is 0.140. The van der Waals surface area contributed by atoms with Gasteiger partial charge in [-0.25, -0.2) is 0 Å². The van der Waals surface area contributed by atoms with E-state index in [4.69, 9.17) is 0 Å². The molecule has 1 unspecified atom stereocenters. The zero-order valence-corrected chi connectivity index (χ0v) is 15.5. The molecule has 116 valence electrons. The van der Waals surface area contributed by atoms with Crippen LogP contribution in [-0.2, 0) is 0 Å². The molecule has 3 heteroatoms. The molecule has 4 aliphatic rings. The molecule has 1 N–H and O–H groups in total. The summed E-state index contributed by atoms with van der Waals surface area (Å²) >= 11 is 5.75. The van der Waals surface area contributed by atoms with E-state index in [0.29, 0.717) is 11.5 Å². The fraction of sp³-hybridized carbons (Fsp3) is 0.778. The minimum atomic E-state index is 0.536. The highest BCUT2D eigenvalue weighted by Gasteiger charge is 2.51. The molecule has 4 saturated carbocycles. The van der Waals surface area contributed by atoms with E-state index < -0.39 is 0 Å². The number of halogens is 1. The van der Waals surface area contributed by atoms with Crippen molar-refractivity contribution in [3.63, 3.8) is 0 Å². The number of rotatable bonds is 4. The molecule has 1 atom stereocenters. The molecule has 0 saturated heterocycles. The van der Waals surface area contributed by atoms with Crippen LogP contribution in [0.4, 0.5) is 0 Å². The molecule has 0 aromatic carbocycles. The van der Waals surface area contributed by atoms with Gasteiger partial charge in [-0.2, -0.15) is 0 Å². The number of nitrogens with one attached hydrogen (secondary N) is 1. The minimum absolute atomic E-state index is 0.536. The second-order valence-electron chi connectivity index (χ2n) is 8.03. The number of aryl methyl sites for hydroxylation is 1. The number of thiophene rings is 1. The fourth-order valence-electron chi connectivity index (χ4n) is 6.04. The molecule has 4 aliphatic carbocycles. The van der Waals surface area contributed by atoms with Crippen LogP contribution in [-0.4, -0.2) is 7.05 Å². The lowest BCUT2D eigenvalue weighted by Gasteiger charge is -2.57. The van der Waals surface area contributed by atoms with E-state index in [1.165, 1.54) is 39.9 Å². The fourth-order valence-corrected chi connectivity index (χ4v) is 8.08. The van der Waals surface area contributed by atoms with Crippen LogP contribution in [0.25, 0.3) is 0 Å². The van der Waals surface area contributed by atoms with Gasteiger partial charge in [0.05, 0.1) is 0 Å². The van der Waals surface area contributed by atoms with Crippen molar-refractivity contribution in [2.75, 3.05) is 7.05 Å². The Bertz CT molecular complexity index is 500. The Morgan fingerprint density at radius 2 is 1.81 bits per heavy atom. The highest BCUT2D eigenvalue weighted by atomic mass is 79.9. The molecule has 0 spiro atoms. The maximum absolute atomic E-state index is 3.78. The Balaban J connectivity index is 1.58. The third kappa shape index (κ3) is 2.64.